The summed E-state index contributed by atoms with van der Waals surface area (Å²) in [6.07, 6.45) is 0.496. The molecule has 0 bridgehead atoms. The van der Waals surface area contributed by atoms with Crippen LogP contribution in [0.25, 0.3) is 0 Å². The number of amides is 1. The summed E-state index contributed by atoms with van der Waals surface area (Å²) in [7, 11) is -2.54. The normalized spacial score (nSPS) is 11.9. The van der Waals surface area contributed by atoms with Gasteiger partial charge >= 0.3 is 5.97 Å². The van der Waals surface area contributed by atoms with Crippen LogP contribution in [0, 0.1) is 0 Å². The van der Waals surface area contributed by atoms with Crippen molar-refractivity contribution in [1.29, 1.82) is 0 Å². The van der Waals surface area contributed by atoms with E-state index in [1.165, 1.54) is 10.4 Å². The van der Waals surface area contributed by atoms with Crippen LogP contribution in [-0.2, 0) is 33.0 Å². The minimum absolute atomic E-state index is 0.00433. The van der Waals surface area contributed by atoms with Crippen molar-refractivity contribution in [3.05, 3.63) is 60.7 Å². The standard InChI is InChI=1S/C31H47NO8Si/c1-31(2,3)41(27-11-6-4-7-12-27,28-13-8-5-9-14-28)40-26-25-39-24-23-38-22-21-37-20-19-36-18-10-17-32-29(33)15-16-30(34)35/h4-9,11-14H,10,15-26H2,1-3H3,(H,32,33)(H,34,35). The number of nitrogens with one attached hydrogen (secondary N) is 1. The Morgan fingerprint density at radius 3 is 1.56 bits per heavy atom. The van der Waals surface area contributed by atoms with Crippen molar-refractivity contribution >= 4 is 30.6 Å². The maximum absolute atomic E-state index is 11.4. The van der Waals surface area contributed by atoms with Gasteiger partial charge in [0.15, 0.2) is 0 Å². The molecular weight excluding hydrogens is 542 g/mol. The van der Waals surface area contributed by atoms with E-state index in [0.717, 1.165) is 0 Å². The van der Waals surface area contributed by atoms with Crippen molar-refractivity contribution in [1.82, 2.24) is 5.32 Å². The molecule has 0 radical (unpaired) electrons. The van der Waals surface area contributed by atoms with Crippen LogP contribution < -0.4 is 15.7 Å². The molecule has 10 heteroatoms. The van der Waals surface area contributed by atoms with Crippen molar-refractivity contribution in [3.63, 3.8) is 0 Å². The largest absolute Gasteiger partial charge is 0.481 e. The molecule has 0 aliphatic carbocycles. The summed E-state index contributed by atoms with van der Waals surface area (Å²) in [4.78, 5) is 21.8. The minimum Gasteiger partial charge on any atom is -0.481 e. The second-order valence-corrected chi connectivity index (χ2v) is 14.9. The monoisotopic (exact) mass is 589 g/mol. The smallest absolute Gasteiger partial charge is 0.303 e. The van der Waals surface area contributed by atoms with Gasteiger partial charge < -0.3 is 33.8 Å². The van der Waals surface area contributed by atoms with E-state index in [1.807, 2.05) is 12.1 Å². The lowest BCUT2D eigenvalue weighted by molar-refractivity contribution is -0.138. The van der Waals surface area contributed by atoms with Crippen LogP contribution in [0.3, 0.4) is 0 Å². The van der Waals surface area contributed by atoms with Crippen molar-refractivity contribution < 1.29 is 38.1 Å². The Hall–Kier alpha value is -2.60. The molecule has 2 aromatic carbocycles. The van der Waals surface area contributed by atoms with Crippen LogP contribution in [0.15, 0.2) is 60.7 Å². The first-order valence-electron chi connectivity index (χ1n) is 14.3. The van der Waals surface area contributed by atoms with Gasteiger partial charge in [0.25, 0.3) is 8.32 Å². The van der Waals surface area contributed by atoms with Crippen LogP contribution in [0.4, 0.5) is 0 Å². The summed E-state index contributed by atoms with van der Waals surface area (Å²) < 4.78 is 29.2. The second-order valence-electron chi connectivity index (χ2n) is 10.6. The highest BCUT2D eigenvalue weighted by Crippen LogP contribution is 2.36. The lowest BCUT2D eigenvalue weighted by Gasteiger charge is -2.43. The Morgan fingerprint density at radius 2 is 1.12 bits per heavy atom. The molecule has 0 aliphatic heterocycles. The number of carbonyl (C=O) groups excluding carboxylic acids is 1. The molecule has 0 unspecified atom stereocenters. The molecule has 0 saturated heterocycles. The van der Waals surface area contributed by atoms with E-state index in [9.17, 15) is 9.59 Å². The van der Waals surface area contributed by atoms with Gasteiger partial charge in [-0.1, -0.05) is 81.4 Å². The Balaban J connectivity index is 1.53. The zero-order chi connectivity index (χ0) is 29.8. The van der Waals surface area contributed by atoms with Gasteiger partial charge in [-0.2, -0.15) is 0 Å². The summed E-state index contributed by atoms with van der Waals surface area (Å²) in [6.45, 7) is 11.6. The predicted octanol–water partition coefficient (Wildman–Crippen LogP) is 3.00. The summed E-state index contributed by atoms with van der Waals surface area (Å²) in [5.41, 5.74) is 0. The van der Waals surface area contributed by atoms with Gasteiger partial charge in [0.2, 0.25) is 5.91 Å². The highest BCUT2D eigenvalue weighted by Gasteiger charge is 2.49. The van der Waals surface area contributed by atoms with E-state index < -0.39 is 14.3 Å². The van der Waals surface area contributed by atoms with Gasteiger partial charge in [-0.05, 0) is 21.8 Å². The molecule has 41 heavy (non-hydrogen) atoms. The molecule has 9 nitrogen and oxygen atoms in total. The van der Waals surface area contributed by atoms with E-state index in [4.69, 9.17) is 28.5 Å². The number of carboxylic acids is 1. The average molecular weight is 590 g/mol. The van der Waals surface area contributed by atoms with Crippen molar-refractivity contribution in [2.75, 3.05) is 66.0 Å². The van der Waals surface area contributed by atoms with E-state index in [-0.39, 0.29) is 23.8 Å². The summed E-state index contributed by atoms with van der Waals surface area (Å²) in [6, 6.07) is 21.2. The number of hydrogen-bond donors (Lipinski definition) is 2. The highest BCUT2D eigenvalue weighted by atomic mass is 28.4. The van der Waals surface area contributed by atoms with Gasteiger partial charge in [-0.3, -0.25) is 9.59 Å². The molecule has 0 heterocycles. The molecular formula is C31H47NO8Si. The fraction of sp³-hybridized carbons (Fsp3) is 0.548. The molecule has 0 atom stereocenters. The van der Waals surface area contributed by atoms with E-state index in [0.29, 0.717) is 72.4 Å². The maximum Gasteiger partial charge on any atom is 0.303 e. The number of benzene rings is 2. The quantitative estimate of drug-likeness (QED) is 0.159. The van der Waals surface area contributed by atoms with E-state index in [1.54, 1.807) is 0 Å². The minimum atomic E-state index is -2.54. The highest BCUT2D eigenvalue weighted by molar-refractivity contribution is 6.99. The van der Waals surface area contributed by atoms with Crippen molar-refractivity contribution in [2.45, 2.75) is 45.1 Å². The van der Waals surface area contributed by atoms with Gasteiger partial charge in [-0.15, -0.1) is 0 Å². The fourth-order valence-corrected chi connectivity index (χ4v) is 9.03. The molecule has 0 fully saturated rings. The zero-order valence-electron chi connectivity index (χ0n) is 24.8. The summed E-state index contributed by atoms with van der Waals surface area (Å²) in [5, 5.41) is 13.7. The molecule has 228 valence electrons. The number of ether oxygens (including phenoxy) is 4. The van der Waals surface area contributed by atoms with E-state index in [2.05, 4.69) is 74.6 Å². The van der Waals surface area contributed by atoms with Gasteiger partial charge in [0, 0.05) is 19.6 Å². The second kappa shape index (κ2) is 19.5. The first-order valence-corrected chi connectivity index (χ1v) is 16.2. The van der Waals surface area contributed by atoms with Crippen molar-refractivity contribution in [2.24, 2.45) is 0 Å². The van der Waals surface area contributed by atoms with Crippen LogP contribution in [0.5, 0.6) is 0 Å². The third kappa shape index (κ3) is 12.8. The third-order valence-electron chi connectivity index (χ3n) is 6.43. The van der Waals surface area contributed by atoms with Crippen LogP contribution in [-0.4, -0.2) is 91.3 Å². The number of aliphatic carboxylic acids is 1. The molecule has 2 N–H and O–H groups in total. The Kier molecular flexibility index (Phi) is 16.5. The lowest BCUT2D eigenvalue weighted by Crippen LogP contribution is -2.66. The van der Waals surface area contributed by atoms with Gasteiger partial charge in [0.05, 0.1) is 59.3 Å². The predicted molar refractivity (Wildman–Crippen MR) is 161 cm³/mol. The van der Waals surface area contributed by atoms with Crippen LogP contribution in [0.2, 0.25) is 5.04 Å². The summed E-state index contributed by atoms with van der Waals surface area (Å²) in [5.74, 6) is -1.24. The summed E-state index contributed by atoms with van der Waals surface area (Å²) >= 11 is 0. The molecule has 2 rings (SSSR count). The first-order chi connectivity index (χ1) is 19.8. The number of carboxylic acid groups (broad SMARTS) is 1. The number of carbonyl (C=O) groups is 2. The Morgan fingerprint density at radius 1 is 0.683 bits per heavy atom. The van der Waals surface area contributed by atoms with E-state index >= 15 is 0 Å². The third-order valence-corrected chi connectivity index (χ3v) is 11.5. The van der Waals surface area contributed by atoms with Crippen LogP contribution in [0.1, 0.15) is 40.0 Å². The number of hydrogen-bond acceptors (Lipinski definition) is 7. The SMILES string of the molecule is CC(C)(C)[Si](OCCOCCOCCOCCOCCCNC(=O)CCC(=O)O)(c1ccccc1)c1ccccc1. The fourth-order valence-electron chi connectivity index (χ4n) is 4.49. The van der Waals surface area contributed by atoms with Gasteiger partial charge in [0.1, 0.15) is 0 Å². The molecule has 0 aromatic heterocycles. The molecule has 0 aliphatic rings. The lowest BCUT2D eigenvalue weighted by atomic mass is 10.2. The Labute approximate surface area is 245 Å². The van der Waals surface area contributed by atoms with Crippen molar-refractivity contribution in [3.8, 4) is 0 Å². The number of rotatable bonds is 22. The topological polar surface area (TPSA) is 113 Å². The van der Waals surface area contributed by atoms with Crippen LogP contribution >= 0.6 is 0 Å². The maximum atomic E-state index is 11.4. The average Bonchev–Trinajstić information content (AvgIpc) is 2.96. The molecule has 1 amide bonds. The first kappa shape index (κ1) is 34.6. The molecule has 0 spiro atoms. The Bertz CT molecular complexity index is 945. The van der Waals surface area contributed by atoms with Gasteiger partial charge in [-0.25, -0.2) is 0 Å². The molecule has 0 saturated carbocycles. The molecule has 2 aromatic rings. The zero-order valence-corrected chi connectivity index (χ0v) is 25.8.